The minimum Gasteiger partial charge on any atom is -0.512 e. The third-order valence-electron chi connectivity index (χ3n) is 9.57. The van der Waals surface area contributed by atoms with Crippen LogP contribution in [0.25, 0.3) is 32.2 Å². The summed E-state index contributed by atoms with van der Waals surface area (Å²) < 4.78 is 1.37. The number of thiophene rings is 1. The number of carbonyl (C=O) groups excluding carboxylic acids is 1. The Morgan fingerprint density at radius 3 is 2.02 bits per heavy atom. The van der Waals surface area contributed by atoms with E-state index >= 15 is 0 Å². The minimum atomic E-state index is -0.337. The summed E-state index contributed by atoms with van der Waals surface area (Å²) in [5.41, 5.74) is 7.67. The fourth-order valence-electron chi connectivity index (χ4n) is 5.73. The smallest absolute Gasteiger partial charge is 0.164 e. The van der Waals surface area contributed by atoms with Crippen molar-refractivity contribution in [2.45, 2.75) is 115 Å². The van der Waals surface area contributed by atoms with Gasteiger partial charge in [0.1, 0.15) is 5.76 Å². The molecule has 1 radical (unpaired) electrons. The van der Waals surface area contributed by atoms with Crippen molar-refractivity contribution < 1.29 is 30.0 Å². The van der Waals surface area contributed by atoms with Gasteiger partial charge in [-0.2, -0.15) is 0 Å². The Hall–Kier alpha value is -2.33. The van der Waals surface area contributed by atoms with Gasteiger partial charge in [0.05, 0.1) is 5.52 Å². The molecule has 0 unspecified atom stereocenters. The number of aromatic nitrogens is 1. The quantitative estimate of drug-likeness (QED) is 0.0987. The molecule has 247 valence electrons. The maximum atomic E-state index is 12.2. The summed E-state index contributed by atoms with van der Waals surface area (Å²) in [6, 6.07) is 14.8. The summed E-state index contributed by atoms with van der Waals surface area (Å²) in [7, 11) is 0. The second-order valence-electron chi connectivity index (χ2n) is 13.7. The Balaban J connectivity index is 0.000000343. The van der Waals surface area contributed by atoms with Crippen LogP contribution in [0.2, 0.25) is 0 Å². The van der Waals surface area contributed by atoms with Gasteiger partial charge in [0.15, 0.2) is 5.78 Å². The number of hydrogen-bond acceptors (Lipinski definition) is 4. The van der Waals surface area contributed by atoms with E-state index in [1.165, 1.54) is 43.1 Å². The van der Waals surface area contributed by atoms with E-state index in [0.29, 0.717) is 5.92 Å². The third-order valence-corrected chi connectivity index (χ3v) is 10.7. The molecule has 0 atom stereocenters. The number of carbonyl (C=O) groups is 1. The van der Waals surface area contributed by atoms with Gasteiger partial charge in [-0.1, -0.05) is 75.3 Å². The van der Waals surface area contributed by atoms with Crippen LogP contribution >= 0.6 is 11.3 Å². The van der Waals surface area contributed by atoms with E-state index in [1.807, 2.05) is 52.9 Å². The fourth-order valence-corrected chi connectivity index (χ4v) is 7.22. The number of hydrogen-bond donors (Lipinski definition) is 1. The van der Waals surface area contributed by atoms with E-state index < -0.39 is 0 Å². The van der Waals surface area contributed by atoms with Crippen LogP contribution < -0.4 is 0 Å². The zero-order valence-electron chi connectivity index (χ0n) is 29.6. The van der Waals surface area contributed by atoms with E-state index in [4.69, 9.17) is 4.98 Å². The van der Waals surface area contributed by atoms with E-state index in [0.717, 1.165) is 54.4 Å². The number of aliphatic hydroxyl groups excluding tert-OH is 1. The molecule has 0 bridgehead atoms. The average molecular weight is 805 g/mol. The van der Waals surface area contributed by atoms with Crippen molar-refractivity contribution in [2.75, 3.05) is 0 Å². The number of pyridine rings is 1. The molecule has 0 saturated heterocycles. The third kappa shape index (κ3) is 8.93. The molecule has 0 aliphatic heterocycles. The summed E-state index contributed by atoms with van der Waals surface area (Å²) in [6.45, 7) is 25.3. The number of rotatable bonds is 10. The monoisotopic (exact) mass is 805 g/mol. The van der Waals surface area contributed by atoms with Crippen molar-refractivity contribution in [1.82, 2.24) is 4.98 Å². The van der Waals surface area contributed by atoms with Crippen LogP contribution in [0.15, 0.2) is 42.2 Å². The maximum Gasteiger partial charge on any atom is 0.164 e. The van der Waals surface area contributed by atoms with Gasteiger partial charge < -0.3 is 5.11 Å². The number of aliphatic hydroxyl groups is 1. The Labute approximate surface area is 290 Å². The average Bonchev–Trinajstić information content (AvgIpc) is 3.37. The Bertz CT molecular complexity index is 1630. The van der Waals surface area contributed by atoms with Crippen LogP contribution in [-0.4, -0.2) is 15.9 Å². The second kappa shape index (κ2) is 16.0. The predicted molar refractivity (Wildman–Crippen MR) is 192 cm³/mol. The molecule has 0 spiro atoms. The number of nitrogens with zero attached hydrogens (tertiary/aromatic N) is 1. The summed E-state index contributed by atoms with van der Waals surface area (Å²) in [6.07, 6.45) is 5.87. The van der Waals surface area contributed by atoms with Crippen LogP contribution in [0.5, 0.6) is 0 Å². The zero-order valence-corrected chi connectivity index (χ0v) is 32.8. The van der Waals surface area contributed by atoms with Crippen LogP contribution in [0, 0.1) is 50.5 Å². The van der Waals surface area contributed by atoms with Crippen molar-refractivity contribution in [2.24, 2.45) is 16.7 Å². The van der Waals surface area contributed by atoms with Crippen LogP contribution in [0.1, 0.15) is 108 Å². The van der Waals surface area contributed by atoms with Gasteiger partial charge in [-0.25, -0.2) is 0 Å². The molecule has 0 aliphatic rings. The van der Waals surface area contributed by atoms with Crippen LogP contribution in [-0.2, 0) is 31.3 Å². The maximum absolute atomic E-state index is 12.2. The van der Waals surface area contributed by atoms with Crippen molar-refractivity contribution in [3.8, 4) is 11.3 Å². The first-order valence-corrected chi connectivity index (χ1v) is 17.2. The largest absolute Gasteiger partial charge is 0.512 e. The number of benzene rings is 2. The standard InChI is InChI=1S/C25H26NS.C15H28O2.Ir/c1-14(2)7-20-13-21-24(19-10-15(3)8-16(4)11-19)26-22-12-17(5)9-18(6)23(22)25(21)27-20;1-7-14(5,8-2)12(16)11-13(17)15(6,9-3)10-4;/h8-10,12-14H,7H2,1-6H3;11,16H,7-10H2,1-6H3;/q-1;;/b;12-11-;. The molecule has 0 saturated carbocycles. The van der Waals surface area contributed by atoms with Gasteiger partial charge in [-0.05, 0) is 86.2 Å². The van der Waals surface area contributed by atoms with Crippen LogP contribution in [0.4, 0.5) is 0 Å². The Kier molecular flexibility index (Phi) is 13.8. The van der Waals surface area contributed by atoms with Crippen molar-refractivity contribution in [3.05, 3.63) is 75.4 Å². The molecule has 0 fully saturated rings. The van der Waals surface area contributed by atoms with Crippen molar-refractivity contribution >= 4 is 38.1 Å². The van der Waals surface area contributed by atoms with Gasteiger partial charge >= 0.3 is 0 Å². The zero-order chi connectivity index (χ0) is 33.0. The molecule has 2 aromatic carbocycles. The van der Waals surface area contributed by atoms with E-state index in [1.54, 1.807) is 0 Å². The van der Waals surface area contributed by atoms with Gasteiger partial charge in [-0.3, -0.25) is 9.78 Å². The van der Waals surface area contributed by atoms with Gasteiger partial charge in [0.25, 0.3) is 0 Å². The molecule has 4 aromatic rings. The molecule has 0 amide bonds. The fraction of sp³-hybridized carbons (Fsp3) is 0.500. The van der Waals surface area contributed by atoms with Gasteiger partial charge in [0, 0.05) is 52.0 Å². The Morgan fingerprint density at radius 2 is 1.49 bits per heavy atom. The van der Waals surface area contributed by atoms with Gasteiger partial charge in [-0.15, -0.1) is 46.2 Å². The summed E-state index contributed by atoms with van der Waals surface area (Å²) >= 11 is 1.94. The molecule has 45 heavy (non-hydrogen) atoms. The molecule has 5 heteroatoms. The summed E-state index contributed by atoms with van der Waals surface area (Å²) in [5, 5.41) is 12.7. The molecular weight excluding hydrogens is 751 g/mol. The molecule has 2 aromatic heterocycles. The Morgan fingerprint density at radius 1 is 0.911 bits per heavy atom. The number of aryl methyl sites for hydroxylation is 4. The summed E-state index contributed by atoms with van der Waals surface area (Å²) in [4.78, 5) is 18.8. The van der Waals surface area contributed by atoms with E-state index in [-0.39, 0.29) is 42.5 Å². The van der Waals surface area contributed by atoms with Gasteiger partial charge in [0.2, 0.25) is 0 Å². The first-order chi connectivity index (χ1) is 20.6. The topological polar surface area (TPSA) is 50.2 Å². The minimum absolute atomic E-state index is 0. The number of ketones is 1. The molecule has 0 aliphatic carbocycles. The molecular formula is C40H54IrNO2S-. The first kappa shape index (κ1) is 38.9. The normalized spacial score (nSPS) is 12.3. The number of allylic oxidation sites excluding steroid dienone is 2. The van der Waals surface area contributed by atoms with Crippen molar-refractivity contribution in [1.29, 1.82) is 0 Å². The van der Waals surface area contributed by atoms with E-state index in [9.17, 15) is 9.90 Å². The number of fused-ring (bicyclic) bond motifs is 3. The molecule has 2 heterocycles. The molecule has 4 rings (SSSR count). The van der Waals surface area contributed by atoms with E-state index in [2.05, 4.69) is 77.9 Å². The summed E-state index contributed by atoms with van der Waals surface area (Å²) in [5.74, 6) is 0.936. The predicted octanol–water partition coefficient (Wildman–Crippen LogP) is 12.0. The molecule has 3 nitrogen and oxygen atoms in total. The molecule has 1 N–H and O–H groups in total. The first-order valence-electron chi connectivity index (χ1n) is 16.4. The van der Waals surface area contributed by atoms with Crippen LogP contribution in [0.3, 0.4) is 0 Å². The second-order valence-corrected chi connectivity index (χ2v) is 14.8. The SMILES string of the molecule is CCC(C)(CC)C(=O)/C=C(\O)C(C)(CC)CC.Cc1[c-]c(-c2nc3cc(C)cc(C)c3c3sc(CC(C)C)cc23)cc(C)c1.[Ir]. The van der Waals surface area contributed by atoms with Crippen molar-refractivity contribution in [3.63, 3.8) is 0 Å².